The van der Waals surface area contributed by atoms with E-state index in [1.54, 1.807) is 48.5 Å². The first-order chi connectivity index (χ1) is 18.8. The van der Waals surface area contributed by atoms with Gasteiger partial charge in [0.05, 0.1) is 10.6 Å². The second-order valence-corrected chi connectivity index (χ2v) is 10.7. The summed E-state index contributed by atoms with van der Waals surface area (Å²) in [6.07, 6.45) is 2.43. The van der Waals surface area contributed by atoms with Gasteiger partial charge >= 0.3 is 6.09 Å². The van der Waals surface area contributed by atoms with Crippen LogP contribution in [0.1, 0.15) is 16.1 Å². The zero-order valence-corrected chi connectivity index (χ0v) is 22.4. The van der Waals surface area contributed by atoms with E-state index in [0.29, 0.717) is 16.9 Å². The zero-order chi connectivity index (χ0) is 27.7. The number of pyridine rings is 1. The lowest BCUT2D eigenvalue weighted by Gasteiger charge is -2.33. The second-order valence-electron chi connectivity index (χ2n) is 8.96. The number of allylic oxidation sites excluding steroid dienone is 1. The molecule has 11 heteroatoms. The van der Waals surface area contributed by atoms with Gasteiger partial charge in [-0.05, 0) is 67.7 Å². The van der Waals surface area contributed by atoms with Gasteiger partial charge in [0.15, 0.2) is 5.78 Å². The number of carbonyl (C=O) groups is 2. The summed E-state index contributed by atoms with van der Waals surface area (Å²) in [5.41, 5.74) is 1.59. The van der Waals surface area contributed by atoms with E-state index in [1.165, 1.54) is 18.2 Å². The third-order valence-corrected chi connectivity index (χ3v) is 7.56. The molecule has 0 aliphatic carbocycles. The van der Waals surface area contributed by atoms with Crippen LogP contribution in [0.25, 0.3) is 6.08 Å². The van der Waals surface area contributed by atoms with Crippen LogP contribution in [0.4, 0.5) is 16.3 Å². The third-order valence-electron chi connectivity index (χ3n) is 6.09. The standard InChI is InChI=1S/C28H31N5O5S/c1-32-17-19-33(20-18-32)27-9-5-6-23(30-27)14-15-26(34)22-10-12-24(13-11-22)31-28(35)38-21-16-29-39(36,37)25-7-3-2-4-8-25/h2-15,29H,16-21H2,1H3,(H,31,35)/b15-14+. The van der Waals surface area contributed by atoms with Gasteiger partial charge in [-0.15, -0.1) is 0 Å². The molecule has 0 radical (unpaired) electrons. The van der Waals surface area contributed by atoms with Gasteiger partial charge in [-0.1, -0.05) is 24.3 Å². The minimum absolute atomic E-state index is 0.0719. The van der Waals surface area contributed by atoms with Gasteiger partial charge in [0, 0.05) is 44.0 Å². The SMILES string of the molecule is CN1CCN(c2cccc(/C=C/C(=O)c3ccc(NC(=O)OCCNS(=O)(=O)c4ccccc4)cc3)n2)CC1. The number of rotatable bonds is 10. The molecular weight excluding hydrogens is 518 g/mol. The highest BCUT2D eigenvalue weighted by atomic mass is 32.2. The number of nitrogens with zero attached hydrogens (tertiary/aromatic N) is 3. The lowest BCUT2D eigenvalue weighted by atomic mass is 10.1. The summed E-state index contributed by atoms with van der Waals surface area (Å²) in [4.78, 5) is 34.0. The summed E-state index contributed by atoms with van der Waals surface area (Å²) in [6.45, 7) is 3.58. The fourth-order valence-corrected chi connectivity index (χ4v) is 4.91. The van der Waals surface area contributed by atoms with Crippen molar-refractivity contribution < 1.29 is 22.7 Å². The minimum atomic E-state index is -3.67. The van der Waals surface area contributed by atoms with E-state index in [0.717, 1.165) is 32.0 Å². The number of sulfonamides is 1. The molecule has 4 rings (SSSR count). The lowest BCUT2D eigenvalue weighted by molar-refractivity contribution is 0.104. The van der Waals surface area contributed by atoms with Crippen molar-refractivity contribution in [1.29, 1.82) is 0 Å². The van der Waals surface area contributed by atoms with Crippen LogP contribution in [0.3, 0.4) is 0 Å². The molecule has 0 saturated carbocycles. The van der Waals surface area contributed by atoms with Crippen LogP contribution in [-0.2, 0) is 14.8 Å². The van der Waals surface area contributed by atoms with Crippen molar-refractivity contribution in [2.75, 3.05) is 56.6 Å². The largest absolute Gasteiger partial charge is 0.448 e. The first-order valence-electron chi connectivity index (χ1n) is 12.5. The highest BCUT2D eigenvalue weighted by Gasteiger charge is 2.15. The van der Waals surface area contributed by atoms with Crippen LogP contribution < -0.4 is 14.9 Å². The van der Waals surface area contributed by atoms with Crippen molar-refractivity contribution in [2.24, 2.45) is 0 Å². The van der Waals surface area contributed by atoms with E-state index in [4.69, 9.17) is 4.74 Å². The molecule has 1 amide bonds. The van der Waals surface area contributed by atoms with Crippen molar-refractivity contribution in [3.05, 3.63) is 90.1 Å². The van der Waals surface area contributed by atoms with Crippen molar-refractivity contribution >= 4 is 39.5 Å². The van der Waals surface area contributed by atoms with Crippen molar-refractivity contribution in [1.82, 2.24) is 14.6 Å². The van der Waals surface area contributed by atoms with Crippen LogP contribution in [0.5, 0.6) is 0 Å². The van der Waals surface area contributed by atoms with Gasteiger partial charge < -0.3 is 14.5 Å². The molecule has 1 saturated heterocycles. The Bertz CT molecular complexity index is 1400. The molecule has 0 atom stereocenters. The van der Waals surface area contributed by atoms with E-state index >= 15 is 0 Å². The van der Waals surface area contributed by atoms with Crippen LogP contribution in [0.2, 0.25) is 0 Å². The molecule has 0 bridgehead atoms. The highest BCUT2D eigenvalue weighted by molar-refractivity contribution is 7.89. The smallest absolute Gasteiger partial charge is 0.411 e. The Labute approximate surface area is 228 Å². The molecule has 2 heterocycles. The average molecular weight is 550 g/mol. The summed E-state index contributed by atoms with van der Waals surface area (Å²) in [5.74, 6) is 0.704. The molecule has 1 fully saturated rings. The molecular formula is C28H31N5O5S. The molecule has 2 N–H and O–H groups in total. The van der Waals surface area contributed by atoms with Gasteiger partial charge in [-0.25, -0.2) is 22.9 Å². The van der Waals surface area contributed by atoms with E-state index in [1.807, 2.05) is 18.2 Å². The quantitative estimate of drug-likeness (QED) is 0.225. The Morgan fingerprint density at radius 1 is 0.949 bits per heavy atom. The second kappa shape index (κ2) is 13.1. The topological polar surface area (TPSA) is 121 Å². The van der Waals surface area contributed by atoms with Crippen LogP contribution in [0.15, 0.2) is 83.8 Å². The maximum absolute atomic E-state index is 12.6. The van der Waals surface area contributed by atoms with Gasteiger partial charge in [-0.3, -0.25) is 10.1 Å². The van der Waals surface area contributed by atoms with Crippen LogP contribution >= 0.6 is 0 Å². The number of ether oxygens (including phenoxy) is 1. The first kappa shape index (κ1) is 28.0. The zero-order valence-electron chi connectivity index (χ0n) is 21.6. The number of nitrogens with one attached hydrogen (secondary N) is 2. The number of ketones is 1. The normalized spacial score (nSPS) is 14.3. The van der Waals surface area contributed by atoms with Gasteiger partial charge in [0.25, 0.3) is 0 Å². The molecule has 1 aliphatic rings. The first-order valence-corrected chi connectivity index (χ1v) is 14.0. The number of anilines is 2. The van der Waals surface area contributed by atoms with E-state index < -0.39 is 16.1 Å². The Morgan fingerprint density at radius 3 is 2.38 bits per heavy atom. The number of piperazine rings is 1. The number of hydrogen-bond donors (Lipinski definition) is 2. The van der Waals surface area contributed by atoms with Gasteiger partial charge in [0.1, 0.15) is 12.4 Å². The number of benzene rings is 2. The molecule has 1 aromatic heterocycles. The van der Waals surface area contributed by atoms with E-state index in [9.17, 15) is 18.0 Å². The molecule has 0 spiro atoms. The molecule has 0 unspecified atom stereocenters. The third kappa shape index (κ3) is 8.21. The van der Waals surface area contributed by atoms with Gasteiger partial charge in [0.2, 0.25) is 10.0 Å². The Balaban J connectivity index is 1.23. The molecule has 39 heavy (non-hydrogen) atoms. The Hall–Kier alpha value is -4.06. The maximum atomic E-state index is 12.6. The van der Waals surface area contributed by atoms with Crippen molar-refractivity contribution in [2.45, 2.75) is 4.90 Å². The van der Waals surface area contributed by atoms with Crippen LogP contribution in [-0.4, -0.2) is 76.6 Å². The summed E-state index contributed by atoms with van der Waals surface area (Å²) in [7, 11) is -1.56. The number of hydrogen-bond acceptors (Lipinski definition) is 8. The maximum Gasteiger partial charge on any atom is 0.411 e. The summed E-state index contributed by atoms with van der Waals surface area (Å²) < 4.78 is 31.7. The predicted octanol–water partition coefficient (Wildman–Crippen LogP) is 3.26. The minimum Gasteiger partial charge on any atom is -0.448 e. The summed E-state index contributed by atoms with van der Waals surface area (Å²) >= 11 is 0. The molecule has 3 aromatic rings. The lowest BCUT2D eigenvalue weighted by Crippen LogP contribution is -2.44. The summed E-state index contributed by atoms with van der Waals surface area (Å²) in [6, 6.07) is 20.1. The monoisotopic (exact) mass is 549 g/mol. The van der Waals surface area contributed by atoms with E-state index in [2.05, 4.69) is 31.9 Å². The fraction of sp³-hybridized carbons (Fsp3) is 0.250. The van der Waals surface area contributed by atoms with Crippen molar-refractivity contribution in [3.63, 3.8) is 0 Å². The molecule has 2 aromatic carbocycles. The average Bonchev–Trinajstić information content (AvgIpc) is 2.95. The number of likely N-dealkylation sites (N-methyl/N-ethyl adjacent to an activating group) is 1. The fourth-order valence-electron chi connectivity index (χ4n) is 3.88. The van der Waals surface area contributed by atoms with E-state index in [-0.39, 0.29) is 23.8 Å². The van der Waals surface area contributed by atoms with Crippen LogP contribution in [0, 0.1) is 0 Å². The molecule has 10 nitrogen and oxygen atoms in total. The highest BCUT2D eigenvalue weighted by Crippen LogP contribution is 2.16. The Morgan fingerprint density at radius 2 is 1.67 bits per heavy atom. The van der Waals surface area contributed by atoms with Crippen molar-refractivity contribution in [3.8, 4) is 0 Å². The summed E-state index contributed by atoms with van der Waals surface area (Å²) in [5, 5.41) is 2.55. The number of aromatic nitrogens is 1. The number of amides is 1. The predicted molar refractivity (Wildman–Crippen MR) is 150 cm³/mol. The number of carbonyl (C=O) groups excluding carboxylic acids is 2. The molecule has 1 aliphatic heterocycles. The van der Waals surface area contributed by atoms with Gasteiger partial charge in [-0.2, -0.15) is 0 Å². The Kier molecular flexibility index (Phi) is 9.42. The molecule has 204 valence electrons.